The van der Waals surface area contributed by atoms with Crippen molar-refractivity contribution in [3.8, 4) is 11.8 Å². The van der Waals surface area contributed by atoms with Gasteiger partial charge in [0.05, 0.1) is 12.6 Å². The van der Waals surface area contributed by atoms with E-state index < -0.39 is 0 Å². The maximum Gasteiger partial charge on any atom is 0.220 e. The van der Waals surface area contributed by atoms with E-state index >= 15 is 0 Å². The Morgan fingerprint density at radius 3 is 2.60 bits per heavy atom. The molecule has 1 aliphatic heterocycles. The summed E-state index contributed by atoms with van der Waals surface area (Å²) in [5, 5.41) is 0. The number of nitrogens with zero attached hydrogens (tertiary/aromatic N) is 2. The Hall–Kier alpha value is -1.01. The second-order valence-electron chi connectivity index (χ2n) is 4.11. The molecule has 15 heavy (non-hydrogen) atoms. The average molecular weight is 208 g/mol. The van der Waals surface area contributed by atoms with Crippen LogP contribution in [0.15, 0.2) is 0 Å². The highest BCUT2D eigenvalue weighted by atomic mass is 16.2. The minimum atomic E-state index is 0.0186. The monoisotopic (exact) mass is 208 g/mol. The zero-order chi connectivity index (χ0) is 11.3. The molecule has 1 heterocycles. The van der Waals surface area contributed by atoms with E-state index in [-0.39, 0.29) is 11.9 Å². The molecule has 1 amide bonds. The van der Waals surface area contributed by atoms with Gasteiger partial charge in [0.1, 0.15) is 0 Å². The molecule has 0 spiro atoms. The highest BCUT2D eigenvalue weighted by Gasteiger charge is 2.10. The van der Waals surface area contributed by atoms with Gasteiger partial charge < -0.3 is 4.90 Å². The van der Waals surface area contributed by atoms with Crippen LogP contribution in [0.1, 0.15) is 26.7 Å². The lowest BCUT2D eigenvalue weighted by molar-refractivity contribution is -0.128. The summed E-state index contributed by atoms with van der Waals surface area (Å²) in [4.78, 5) is 15.1. The number of carbonyl (C=O) groups is 1. The van der Waals surface area contributed by atoms with Crippen molar-refractivity contribution in [2.45, 2.75) is 32.7 Å². The van der Waals surface area contributed by atoms with Gasteiger partial charge in [-0.1, -0.05) is 11.8 Å². The summed E-state index contributed by atoms with van der Waals surface area (Å²) in [5.41, 5.74) is 0. The summed E-state index contributed by atoms with van der Waals surface area (Å²) in [6, 6.07) is 0.0186. The van der Waals surface area contributed by atoms with Gasteiger partial charge in [-0.15, -0.1) is 0 Å². The van der Waals surface area contributed by atoms with Crippen molar-refractivity contribution in [3.63, 3.8) is 0 Å². The third-order valence-corrected chi connectivity index (χ3v) is 2.89. The molecule has 0 aromatic carbocycles. The van der Waals surface area contributed by atoms with Crippen molar-refractivity contribution in [1.29, 1.82) is 0 Å². The Bertz CT molecular complexity index is 271. The topological polar surface area (TPSA) is 23.6 Å². The first-order valence-electron chi connectivity index (χ1n) is 5.55. The maximum atomic E-state index is 11.1. The van der Waals surface area contributed by atoms with Crippen molar-refractivity contribution >= 4 is 5.91 Å². The Labute approximate surface area is 92.4 Å². The molecule has 0 aliphatic carbocycles. The summed E-state index contributed by atoms with van der Waals surface area (Å²) < 4.78 is 0. The van der Waals surface area contributed by atoms with E-state index in [0.29, 0.717) is 0 Å². The summed E-state index contributed by atoms with van der Waals surface area (Å²) in [6.45, 7) is 6.71. The lowest BCUT2D eigenvalue weighted by atomic mass is 10.3. The third-order valence-electron chi connectivity index (χ3n) is 2.89. The van der Waals surface area contributed by atoms with Crippen LogP contribution >= 0.6 is 0 Å². The standard InChI is InChI=1S/C12H20N2O/c1-11(13(3)12(2)15)7-6-10-14-8-4-5-9-14/h11H,4-5,8-10H2,1-3H3/t11-/m0/s1. The number of likely N-dealkylation sites (tertiary alicyclic amines) is 1. The van der Waals surface area contributed by atoms with Crippen LogP contribution < -0.4 is 0 Å². The quantitative estimate of drug-likeness (QED) is 0.631. The van der Waals surface area contributed by atoms with Gasteiger partial charge in [-0.05, 0) is 32.9 Å². The SMILES string of the molecule is CC(=O)N(C)[C@@H](C)C#CCN1CCCC1. The molecule has 0 aromatic rings. The molecule has 0 saturated carbocycles. The molecule has 0 bridgehead atoms. The number of carbonyl (C=O) groups excluding carboxylic acids is 1. The van der Waals surface area contributed by atoms with Crippen molar-refractivity contribution < 1.29 is 4.79 Å². The van der Waals surface area contributed by atoms with Gasteiger partial charge in [0.15, 0.2) is 0 Å². The Kier molecular flexibility index (Phi) is 4.64. The van der Waals surface area contributed by atoms with Crippen molar-refractivity contribution in [1.82, 2.24) is 9.80 Å². The fraction of sp³-hybridized carbons (Fsp3) is 0.750. The second kappa shape index (κ2) is 5.77. The highest BCUT2D eigenvalue weighted by molar-refractivity contribution is 5.73. The Balaban J connectivity index is 2.32. The predicted molar refractivity (Wildman–Crippen MR) is 61.4 cm³/mol. The van der Waals surface area contributed by atoms with Crippen molar-refractivity contribution in [3.05, 3.63) is 0 Å². The lowest BCUT2D eigenvalue weighted by Crippen LogP contribution is -2.32. The fourth-order valence-electron chi connectivity index (χ4n) is 1.62. The molecule has 1 aliphatic rings. The van der Waals surface area contributed by atoms with E-state index in [0.717, 1.165) is 6.54 Å². The first-order chi connectivity index (χ1) is 7.11. The minimum absolute atomic E-state index is 0.0186. The minimum Gasteiger partial charge on any atom is -0.332 e. The van der Waals surface area contributed by atoms with E-state index in [1.807, 2.05) is 6.92 Å². The normalized spacial score (nSPS) is 18.1. The Morgan fingerprint density at radius 1 is 1.47 bits per heavy atom. The van der Waals surface area contributed by atoms with Crippen LogP contribution in [-0.2, 0) is 4.79 Å². The molecule has 1 saturated heterocycles. The molecular formula is C12H20N2O. The molecule has 0 unspecified atom stereocenters. The van der Waals surface area contributed by atoms with E-state index in [1.54, 1.807) is 18.9 Å². The average Bonchev–Trinajstić information content (AvgIpc) is 2.69. The summed E-state index contributed by atoms with van der Waals surface area (Å²) >= 11 is 0. The molecule has 3 nitrogen and oxygen atoms in total. The maximum absolute atomic E-state index is 11.1. The fourth-order valence-corrected chi connectivity index (χ4v) is 1.62. The summed E-state index contributed by atoms with van der Waals surface area (Å²) in [5.74, 6) is 6.32. The molecule has 0 aromatic heterocycles. The number of amides is 1. The molecule has 84 valence electrons. The second-order valence-corrected chi connectivity index (χ2v) is 4.11. The van der Waals surface area contributed by atoms with Crippen LogP contribution in [0.5, 0.6) is 0 Å². The highest BCUT2D eigenvalue weighted by Crippen LogP contribution is 2.05. The van der Waals surface area contributed by atoms with Crippen LogP contribution in [0.25, 0.3) is 0 Å². The van der Waals surface area contributed by atoms with Gasteiger partial charge in [0.2, 0.25) is 5.91 Å². The number of hydrogen-bond acceptors (Lipinski definition) is 2. The van der Waals surface area contributed by atoms with E-state index in [9.17, 15) is 4.79 Å². The van der Waals surface area contributed by atoms with Crippen LogP contribution in [0.3, 0.4) is 0 Å². The molecular weight excluding hydrogens is 188 g/mol. The van der Waals surface area contributed by atoms with Crippen molar-refractivity contribution in [2.75, 3.05) is 26.7 Å². The molecule has 3 heteroatoms. The van der Waals surface area contributed by atoms with Gasteiger partial charge in [0, 0.05) is 14.0 Å². The molecule has 1 rings (SSSR count). The number of hydrogen-bond donors (Lipinski definition) is 0. The summed E-state index contributed by atoms with van der Waals surface area (Å²) in [6.07, 6.45) is 2.59. The molecule has 0 N–H and O–H groups in total. The smallest absolute Gasteiger partial charge is 0.220 e. The largest absolute Gasteiger partial charge is 0.332 e. The van der Waals surface area contributed by atoms with E-state index in [1.165, 1.54) is 25.9 Å². The van der Waals surface area contributed by atoms with Crippen molar-refractivity contribution in [2.24, 2.45) is 0 Å². The predicted octanol–water partition coefficient (Wildman–Crippen LogP) is 0.952. The third kappa shape index (κ3) is 3.93. The van der Waals surface area contributed by atoms with Gasteiger partial charge >= 0.3 is 0 Å². The van der Waals surface area contributed by atoms with Crippen LogP contribution in [0.2, 0.25) is 0 Å². The Morgan fingerprint density at radius 2 is 2.07 bits per heavy atom. The van der Waals surface area contributed by atoms with Crippen LogP contribution in [0.4, 0.5) is 0 Å². The van der Waals surface area contributed by atoms with Gasteiger partial charge in [-0.2, -0.15) is 0 Å². The summed E-state index contributed by atoms with van der Waals surface area (Å²) in [7, 11) is 1.79. The molecule has 1 fully saturated rings. The molecule has 0 radical (unpaired) electrons. The molecule has 1 atom stereocenters. The van der Waals surface area contributed by atoms with Gasteiger partial charge in [-0.3, -0.25) is 9.69 Å². The van der Waals surface area contributed by atoms with Gasteiger partial charge in [-0.25, -0.2) is 0 Å². The first-order valence-corrected chi connectivity index (χ1v) is 5.55. The zero-order valence-electron chi connectivity index (χ0n) is 9.92. The van der Waals surface area contributed by atoms with Crippen LogP contribution in [0, 0.1) is 11.8 Å². The van der Waals surface area contributed by atoms with Crippen LogP contribution in [-0.4, -0.2) is 48.4 Å². The van der Waals surface area contributed by atoms with E-state index in [2.05, 4.69) is 16.7 Å². The number of rotatable bonds is 2. The first kappa shape index (κ1) is 12.1. The lowest BCUT2D eigenvalue weighted by Gasteiger charge is -2.18. The van der Waals surface area contributed by atoms with E-state index in [4.69, 9.17) is 0 Å². The van der Waals surface area contributed by atoms with Gasteiger partial charge in [0.25, 0.3) is 0 Å². The zero-order valence-corrected chi connectivity index (χ0v) is 9.92.